The summed E-state index contributed by atoms with van der Waals surface area (Å²) >= 11 is 0. The Hall–Kier alpha value is -1.55. The molecule has 19 heavy (non-hydrogen) atoms. The molecule has 2 heterocycles. The van der Waals surface area contributed by atoms with Crippen molar-refractivity contribution in [2.24, 2.45) is 0 Å². The molecule has 8 nitrogen and oxygen atoms in total. The van der Waals surface area contributed by atoms with Crippen molar-refractivity contribution >= 4 is 5.82 Å². The maximum atomic E-state index is 13.7. The maximum Gasteiger partial charge on any atom is 0.351 e. The minimum atomic E-state index is -0.903. The largest absolute Gasteiger partial charge is 0.394 e. The Morgan fingerprint density at radius 2 is 2.42 bits per heavy atom. The first-order chi connectivity index (χ1) is 9.06. The van der Waals surface area contributed by atoms with Crippen LogP contribution in [0.2, 0.25) is 0 Å². The molecule has 0 aromatic carbocycles. The third-order valence-corrected chi connectivity index (χ3v) is 2.84. The lowest BCUT2D eigenvalue weighted by molar-refractivity contribution is -0.0461. The molecule has 4 N–H and O–H groups in total. The molecule has 0 spiro atoms. The minimum Gasteiger partial charge on any atom is -0.394 e. The van der Waals surface area contributed by atoms with E-state index in [1.165, 1.54) is 7.05 Å². The van der Waals surface area contributed by atoms with E-state index in [2.05, 4.69) is 15.8 Å². The van der Waals surface area contributed by atoms with E-state index >= 15 is 0 Å². The van der Waals surface area contributed by atoms with Crippen molar-refractivity contribution in [3.8, 4) is 0 Å². The lowest BCUT2D eigenvalue weighted by Crippen LogP contribution is -2.30. The van der Waals surface area contributed by atoms with Gasteiger partial charge in [0.05, 0.1) is 18.9 Å². The molecule has 1 aromatic heterocycles. The Kier molecular flexibility index (Phi) is 4.10. The number of ether oxygens (including phenoxy) is 1. The first-order valence-electron chi connectivity index (χ1n) is 5.72. The van der Waals surface area contributed by atoms with Gasteiger partial charge in [-0.1, -0.05) is 0 Å². The Balaban J connectivity index is 2.27. The van der Waals surface area contributed by atoms with Crippen molar-refractivity contribution in [1.29, 1.82) is 0 Å². The monoisotopic (exact) mass is 274 g/mol. The summed E-state index contributed by atoms with van der Waals surface area (Å²) in [6, 6.07) is 0. The molecule has 0 amide bonds. The molecule has 9 heteroatoms. The molecule has 1 aromatic rings. The highest BCUT2D eigenvalue weighted by Gasteiger charge is 2.35. The topological polar surface area (TPSA) is 109 Å². The molecule has 0 radical (unpaired) electrons. The van der Waals surface area contributed by atoms with Crippen molar-refractivity contribution in [2.45, 2.75) is 24.9 Å². The van der Waals surface area contributed by atoms with E-state index in [9.17, 15) is 14.3 Å². The van der Waals surface area contributed by atoms with Crippen LogP contribution in [0.15, 0.2) is 11.0 Å². The molecule has 106 valence electrons. The summed E-state index contributed by atoms with van der Waals surface area (Å²) in [6.07, 6.45) is -1.49. The summed E-state index contributed by atoms with van der Waals surface area (Å²) < 4.78 is 19.9. The Bertz CT molecular complexity index is 509. The molecule has 0 bridgehead atoms. The van der Waals surface area contributed by atoms with Gasteiger partial charge in [0, 0.05) is 13.5 Å². The van der Waals surface area contributed by atoms with Gasteiger partial charge < -0.3 is 20.4 Å². The van der Waals surface area contributed by atoms with E-state index in [0.717, 1.165) is 10.8 Å². The number of hydrazine groups is 1. The zero-order chi connectivity index (χ0) is 14.0. The van der Waals surface area contributed by atoms with Crippen LogP contribution in [-0.4, -0.2) is 45.6 Å². The number of aliphatic hydroxyl groups is 2. The highest BCUT2D eigenvalue weighted by Crippen LogP contribution is 2.27. The predicted molar refractivity (Wildman–Crippen MR) is 62.8 cm³/mol. The lowest BCUT2D eigenvalue weighted by Gasteiger charge is -2.15. The fraction of sp³-hybridized carbons (Fsp3) is 0.600. The van der Waals surface area contributed by atoms with Gasteiger partial charge in [-0.3, -0.25) is 4.57 Å². The molecule has 1 unspecified atom stereocenters. The number of aliphatic hydroxyl groups excluding tert-OH is 2. The van der Waals surface area contributed by atoms with Crippen molar-refractivity contribution in [3.63, 3.8) is 0 Å². The van der Waals surface area contributed by atoms with Crippen LogP contribution in [-0.2, 0) is 4.74 Å². The first-order valence-corrected chi connectivity index (χ1v) is 5.72. The fourth-order valence-electron chi connectivity index (χ4n) is 1.91. The third kappa shape index (κ3) is 2.73. The Morgan fingerprint density at radius 3 is 3.00 bits per heavy atom. The van der Waals surface area contributed by atoms with Gasteiger partial charge in [0.1, 0.15) is 12.3 Å². The second kappa shape index (κ2) is 5.61. The van der Waals surface area contributed by atoms with Crippen LogP contribution < -0.4 is 16.5 Å². The predicted octanol–water partition coefficient (Wildman–Crippen LogP) is -1.43. The van der Waals surface area contributed by atoms with Gasteiger partial charge in [-0.05, 0) is 0 Å². The van der Waals surface area contributed by atoms with Crippen LogP contribution in [0.5, 0.6) is 0 Å². The van der Waals surface area contributed by atoms with Crippen LogP contribution >= 0.6 is 0 Å². The third-order valence-electron chi connectivity index (χ3n) is 2.84. The standard InChI is InChI=1S/C10H15FN4O4/c1-12-14-9-5(11)3-15(10(18)13-9)8-2-6(17)7(4-16)19-8/h3,6-8,12,16-17H,2,4H2,1H3,(H,13,14,18)/t6?,7-,8-/m1/s1. The van der Waals surface area contributed by atoms with Crippen LogP contribution in [0.3, 0.4) is 0 Å². The van der Waals surface area contributed by atoms with Crippen molar-refractivity contribution < 1.29 is 19.3 Å². The highest BCUT2D eigenvalue weighted by molar-refractivity contribution is 5.32. The van der Waals surface area contributed by atoms with Gasteiger partial charge in [0.15, 0.2) is 11.6 Å². The molecular weight excluding hydrogens is 259 g/mol. The SMILES string of the molecule is CNNc1nc(=O)n([C@H]2CC(O)[C@@H](CO)O2)cc1F. The van der Waals surface area contributed by atoms with Gasteiger partial charge in [-0.15, -0.1) is 0 Å². The summed E-state index contributed by atoms with van der Waals surface area (Å²) in [4.78, 5) is 15.3. The van der Waals surface area contributed by atoms with E-state index < -0.39 is 29.9 Å². The quantitative estimate of drug-likeness (QED) is 0.498. The average molecular weight is 274 g/mol. The lowest BCUT2D eigenvalue weighted by atomic mass is 10.2. The first kappa shape index (κ1) is 13.9. The molecule has 3 atom stereocenters. The second-order valence-corrected chi connectivity index (χ2v) is 4.12. The van der Waals surface area contributed by atoms with Gasteiger partial charge in [-0.2, -0.15) is 4.98 Å². The molecule has 0 aliphatic carbocycles. The normalized spacial score (nSPS) is 26.6. The number of nitrogens with zero attached hydrogens (tertiary/aromatic N) is 2. The van der Waals surface area contributed by atoms with Crippen molar-refractivity contribution in [3.05, 3.63) is 22.5 Å². The number of hydrogen-bond acceptors (Lipinski definition) is 7. The Labute approximate surface area is 107 Å². The van der Waals surface area contributed by atoms with E-state index in [0.29, 0.717) is 0 Å². The van der Waals surface area contributed by atoms with E-state index in [1.807, 2.05) is 0 Å². The summed E-state index contributed by atoms with van der Waals surface area (Å²) in [6.45, 7) is -0.373. The summed E-state index contributed by atoms with van der Waals surface area (Å²) in [5.74, 6) is -0.958. The van der Waals surface area contributed by atoms with Crippen LogP contribution in [0.4, 0.5) is 10.2 Å². The molecule has 1 saturated heterocycles. The van der Waals surface area contributed by atoms with Gasteiger partial charge >= 0.3 is 5.69 Å². The molecule has 1 aliphatic heterocycles. The van der Waals surface area contributed by atoms with Crippen LogP contribution in [0.1, 0.15) is 12.6 Å². The molecule has 1 aliphatic rings. The van der Waals surface area contributed by atoms with Crippen molar-refractivity contribution in [2.75, 3.05) is 19.1 Å². The number of hydrogen-bond donors (Lipinski definition) is 4. The van der Waals surface area contributed by atoms with Crippen LogP contribution in [0, 0.1) is 5.82 Å². The average Bonchev–Trinajstić information content (AvgIpc) is 2.75. The zero-order valence-corrected chi connectivity index (χ0v) is 10.2. The Morgan fingerprint density at radius 1 is 1.68 bits per heavy atom. The summed E-state index contributed by atoms with van der Waals surface area (Å²) in [7, 11) is 1.51. The number of aromatic nitrogens is 2. The summed E-state index contributed by atoms with van der Waals surface area (Å²) in [5.41, 5.74) is 4.13. The fourth-order valence-corrected chi connectivity index (χ4v) is 1.91. The second-order valence-electron chi connectivity index (χ2n) is 4.12. The maximum absolute atomic E-state index is 13.7. The van der Waals surface area contributed by atoms with E-state index in [4.69, 9.17) is 9.84 Å². The number of anilines is 1. The van der Waals surface area contributed by atoms with Gasteiger partial charge in [0.2, 0.25) is 0 Å². The smallest absolute Gasteiger partial charge is 0.351 e. The van der Waals surface area contributed by atoms with Gasteiger partial charge in [-0.25, -0.2) is 14.6 Å². The molecule has 0 saturated carbocycles. The van der Waals surface area contributed by atoms with E-state index in [1.54, 1.807) is 0 Å². The van der Waals surface area contributed by atoms with E-state index in [-0.39, 0.29) is 18.8 Å². The number of halogens is 1. The van der Waals surface area contributed by atoms with Gasteiger partial charge in [0.25, 0.3) is 0 Å². The number of rotatable bonds is 4. The zero-order valence-electron chi connectivity index (χ0n) is 10.2. The highest BCUT2D eigenvalue weighted by atomic mass is 19.1. The van der Waals surface area contributed by atoms with Crippen LogP contribution in [0.25, 0.3) is 0 Å². The summed E-state index contributed by atoms with van der Waals surface area (Å²) in [5, 5.41) is 18.5. The van der Waals surface area contributed by atoms with Crippen molar-refractivity contribution in [1.82, 2.24) is 15.0 Å². The molecular formula is C10H15FN4O4. The minimum absolute atomic E-state index is 0.0883. The number of nitrogens with one attached hydrogen (secondary N) is 2. The molecule has 2 rings (SSSR count). The molecule has 1 fully saturated rings.